The maximum Gasteiger partial charge on any atom is 0.305 e. The Morgan fingerprint density at radius 1 is 1.33 bits per heavy atom. The first kappa shape index (κ1) is 14.9. The molecular formula is C11H14ClNO4S. The zero-order chi connectivity index (χ0) is 14.0. The second-order valence-electron chi connectivity index (χ2n) is 4.51. The molecule has 0 unspecified atom stereocenters. The van der Waals surface area contributed by atoms with Gasteiger partial charge in [0.1, 0.15) is 0 Å². The van der Waals surface area contributed by atoms with Gasteiger partial charge in [-0.2, -0.15) is 0 Å². The van der Waals surface area contributed by atoms with Gasteiger partial charge < -0.3 is 5.11 Å². The molecule has 2 N–H and O–H groups in total. The van der Waals surface area contributed by atoms with Gasteiger partial charge in [0.2, 0.25) is 10.0 Å². The summed E-state index contributed by atoms with van der Waals surface area (Å²) in [5, 5.41) is 9.13. The number of nitrogens with one attached hydrogen (secondary N) is 1. The first-order valence-electron chi connectivity index (χ1n) is 5.14. The van der Waals surface area contributed by atoms with Crippen molar-refractivity contribution in [1.29, 1.82) is 0 Å². The molecular weight excluding hydrogens is 278 g/mol. The molecule has 0 heterocycles. The minimum Gasteiger partial charge on any atom is -0.481 e. The van der Waals surface area contributed by atoms with Gasteiger partial charge in [0, 0.05) is 10.6 Å². The van der Waals surface area contributed by atoms with E-state index >= 15 is 0 Å². The van der Waals surface area contributed by atoms with Crippen LogP contribution in [0.1, 0.15) is 20.3 Å². The first-order chi connectivity index (χ1) is 8.12. The second-order valence-corrected chi connectivity index (χ2v) is 6.63. The summed E-state index contributed by atoms with van der Waals surface area (Å²) in [5.74, 6) is -1.07. The Bertz CT molecular complexity index is 537. The lowest BCUT2D eigenvalue weighted by atomic mass is 10.0. The van der Waals surface area contributed by atoms with Crippen LogP contribution in [-0.2, 0) is 14.8 Å². The van der Waals surface area contributed by atoms with Gasteiger partial charge in [-0.3, -0.25) is 4.79 Å². The Hall–Kier alpha value is -1.11. The van der Waals surface area contributed by atoms with Crippen LogP contribution in [0.5, 0.6) is 0 Å². The fourth-order valence-electron chi connectivity index (χ4n) is 1.45. The third kappa shape index (κ3) is 4.29. The van der Waals surface area contributed by atoms with Crippen molar-refractivity contribution in [1.82, 2.24) is 4.72 Å². The number of carboxylic acid groups (broad SMARTS) is 1. The van der Waals surface area contributed by atoms with Crippen molar-refractivity contribution in [3.63, 3.8) is 0 Å². The minimum atomic E-state index is -3.75. The van der Waals surface area contributed by atoms with Gasteiger partial charge in [0.15, 0.2) is 0 Å². The number of carboxylic acids is 1. The van der Waals surface area contributed by atoms with Crippen molar-refractivity contribution in [2.24, 2.45) is 0 Å². The lowest BCUT2D eigenvalue weighted by molar-refractivity contribution is -0.138. The van der Waals surface area contributed by atoms with Crippen LogP contribution < -0.4 is 4.72 Å². The average molecular weight is 292 g/mol. The number of aliphatic carboxylic acids is 1. The van der Waals surface area contributed by atoms with E-state index in [1.54, 1.807) is 0 Å². The molecule has 0 amide bonds. The van der Waals surface area contributed by atoms with Crippen molar-refractivity contribution in [3.8, 4) is 0 Å². The Kier molecular flexibility index (Phi) is 4.37. The summed E-state index contributed by atoms with van der Waals surface area (Å²) in [7, 11) is -3.75. The standard InChI is InChI=1S/C11H14ClNO4S/c1-11(2,7-10(14)15)13-18(16,17)9-5-3-8(12)4-6-9/h3-6,13H,7H2,1-2H3,(H,14,15). The highest BCUT2D eigenvalue weighted by Crippen LogP contribution is 2.17. The van der Waals surface area contributed by atoms with Gasteiger partial charge in [-0.25, -0.2) is 13.1 Å². The van der Waals surface area contributed by atoms with Crippen molar-refractivity contribution in [2.45, 2.75) is 30.7 Å². The third-order valence-electron chi connectivity index (χ3n) is 2.13. The van der Waals surface area contributed by atoms with Gasteiger partial charge in [-0.15, -0.1) is 0 Å². The molecule has 0 radical (unpaired) electrons. The fourth-order valence-corrected chi connectivity index (χ4v) is 2.99. The zero-order valence-electron chi connectivity index (χ0n) is 9.97. The van der Waals surface area contributed by atoms with E-state index < -0.39 is 21.5 Å². The van der Waals surface area contributed by atoms with E-state index in [0.29, 0.717) is 5.02 Å². The number of hydrogen-bond donors (Lipinski definition) is 2. The van der Waals surface area contributed by atoms with Crippen LogP contribution >= 0.6 is 11.6 Å². The molecule has 0 spiro atoms. The van der Waals surface area contributed by atoms with Crippen LogP contribution in [0.15, 0.2) is 29.2 Å². The van der Waals surface area contributed by atoms with E-state index in [1.165, 1.54) is 38.1 Å². The lowest BCUT2D eigenvalue weighted by Crippen LogP contribution is -2.44. The normalized spacial score (nSPS) is 12.4. The van der Waals surface area contributed by atoms with Crippen LogP contribution in [0.25, 0.3) is 0 Å². The van der Waals surface area contributed by atoms with Gasteiger partial charge >= 0.3 is 5.97 Å². The number of benzene rings is 1. The van der Waals surface area contributed by atoms with Crippen LogP contribution in [0, 0.1) is 0 Å². The maximum absolute atomic E-state index is 12.0. The molecule has 0 atom stereocenters. The molecule has 7 heteroatoms. The van der Waals surface area contributed by atoms with Gasteiger partial charge in [0.25, 0.3) is 0 Å². The molecule has 1 aromatic carbocycles. The monoisotopic (exact) mass is 291 g/mol. The number of sulfonamides is 1. The lowest BCUT2D eigenvalue weighted by Gasteiger charge is -2.23. The SMILES string of the molecule is CC(C)(CC(=O)O)NS(=O)(=O)c1ccc(Cl)cc1. The quantitative estimate of drug-likeness (QED) is 0.867. The summed E-state index contributed by atoms with van der Waals surface area (Å²) in [6.07, 6.45) is -0.306. The highest BCUT2D eigenvalue weighted by atomic mass is 35.5. The molecule has 0 aliphatic heterocycles. The molecule has 0 aliphatic rings. The minimum absolute atomic E-state index is 0.0466. The molecule has 18 heavy (non-hydrogen) atoms. The predicted octanol–water partition coefficient (Wildman–Crippen LogP) is 1.87. The topological polar surface area (TPSA) is 83.5 Å². The van der Waals surface area contributed by atoms with Crippen LogP contribution in [0.3, 0.4) is 0 Å². The molecule has 1 rings (SSSR count). The molecule has 100 valence electrons. The van der Waals surface area contributed by atoms with E-state index in [-0.39, 0.29) is 11.3 Å². The van der Waals surface area contributed by atoms with Gasteiger partial charge in [-0.05, 0) is 38.1 Å². The maximum atomic E-state index is 12.0. The summed E-state index contributed by atoms with van der Waals surface area (Å²) >= 11 is 5.67. The van der Waals surface area contributed by atoms with E-state index in [4.69, 9.17) is 16.7 Å². The third-order valence-corrected chi connectivity index (χ3v) is 4.09. The zero-order valence-corrected chi connectivity index (χ0v) is 11.5. The first-order valence-corrected chi connectivity index (χ1v) is 7.00. The van der Waals surface area contributed by atoms with Crippen molar-refractivity contribution in [3.05, 3.63) is 29.3 Å². The molecule has 0 aromatic heterocycles. The predicted molar refractivity (Wildman–Crippen MR) is 68.1 cm³/mol. The summed E-state index contributed by atoms with van der Waals surface area (Å²) < 4.78 is 26.3. The van der Waals surface area contributed by atoms with Crippen LogP contribution in [0.2, 0.25) is 5.02 Å². The Balaban J connectivity index is 2.95. The van der Waals surface area contributed by atoms with E-state index in [2.05, 4.69) is 4.72 Å². The largest absolute Gasteiger partial charge is 0.481 e. The Morgan fingerprint density at radius 3 is 2.28 bits per heavy atom. The highest BCUT2D eigenvalue weighted by molar-refractivity contribution is 7.89. The van der Waals surface area contributed by atoms with Crippen molar-refractivity contribution < 1.29 is 18.3 Å². The molecule has 5 nitrogen and oxygen atoms in total. The van der Waals surface area contributed by atoms with Crippen molar-refractivity contribution in [2.75, 3.05) is 0 Å². The number of hydrogen-bond acceptors (Lipinski definition) is 3. The molecule has 0 saturated heterocycles. The van der Waals surface area contributed by atoms with Gasteiger partial charge in [0.05, 0.1) is 11.3 Å². The van der Waals surface area contributed by atoms with E-state index in [1.807, 2.05) is 0 Å². The second kappa shape index (κ2) is 5.26. The van der Waals surface area contributed by atoms with Crippen LogP contribution in [-0.4, -0.2) is 25.0 Å². The number of halogens is 1. The number of carbonyl (C=O) groups is 1. The molecule has 0 aliphatic carbocycles. The summed E-state index contributed by atoms with van der Waals surface area (Å²) in [6, 6.07) is 5.64. The smallest absolute Gasteiger partial charge is 0.305 e. The molecule has 0 bridgehead atoms. The highest BCUT2D eigenvalue weighted by Gasteiger charge is 2.28. The Morgan fingerprint density at radius 2 is 1.83 bits per heavy atom. The Labute approximate surface area is 111 Å². The van der Waals surface area contributed by atoms with Gasteiger partial charge in [-0.1, -0.05) is 11.6 Å². The summed E-state index contributed by atoms with van der Waals surface area (Å²) in [5.41, 5.74) is -1.07. The summed E-state index contributed by atoms with van der Waals surface area (Å²) in [6.45, 7) is 3.02. The fraction of sp³-hybridized carbons (Fsp3) is 0.364. The average Bonchev–Trinajstić information content (AvgIpc) is 2.13. The van der Waals surface area contributed by atoms with E-state index in [0.717, 1.165) is 0 Å². The molecule has 1 aromatic rings. The molecule has 0 fully saturated rings. The number of rotatable bonds is 5. The summed E-state index contributed by atoms with van der Waals surface area (Å²) in [4.78, 5) is 10.7. The van der Waals surface area contributed by atoms with Crippen LogP contribution in [0.4, 0.5) is 0 Å². The molecule has 0 saturated carbocycles. The van der Waals surface area contributed by atoms with Crippen molar-refractivity contribution >= 4 is 27.6 Å². The van der Waals surface area contributed by atoms with E-state index in [9.17, 15) is 13.2 Å².